The van der Waals surface area contributed by atoms with Gasteiger partial charge < -0.3 is 5.32 Å². The standard InChI is InChI=1S/C11H20F3N/c1-3-10(5-4-6-10)8-15-9(2)7-11(12,13)14/h9,15H,3-8H2,1-2H3. The molecule has 0 aromatic rings. The van der Waals surface area contributed by atoms with Crippen LogP contribution in [-0.2, 0) is 0 Å². The maximum Gasteiger partial charge on any atom is 0.390 e. The summed E-state index contributed by atoms with van der Waals surface area (Å²) >= 11 is 0. The van der Waals surface area contributed by atoms with Crippen molar-refractivity contribution in [2.75, 3.05) is 6.54 Å². The van der Waals surface area contributed by atoms with Gasteiger partial charge in [0.05, 0.1) is 6.42 Å². The number of hydrogen-bond acceptors (Lipinski definition) is 1. The van der Waals surface area contributed by atoms with Crippen molar-refractivity contribution in [3.63, 3.8) is 0 Å². The van der Waals surface area contributed by atoms with Crippen molar-refractivity contribution in [2.24, 2.45) is 5.41 Å². The Bertz CT molecular complexity index is 191. The minimum Gasteiger partial charge on any atom is -0.313 e. The number of hydrogen-bond donors (Lipinski definition) is 1. The van der Waals surface area contributed by atoms with Gasteiger partial charge in [-0.15, -0.1) is 0 Å². The topological polar surface area (TPSA) is 12.0 Å². The fourth-order valence-electron chi connectivity index (χ4n) is 2.14. The van der Waals surface area contributed by atoms with Crippen LogP contribution in [0, 0.1) is 5.41 Å². The van der Waals surface area contributed by atoms with Crippen LogP contribution in [0.4, 0.5) is 13.2 Å². The van der Waals surface area contributed by atoms with E-state index in [9.17, 15) is 13.2 Å². The molecular weight excluding hydrogens is 203 g/mol. The smallest absolute Gasteiger partial charge is 0.313 e. The molecule has 0 spiro atoms. The first-order chi connectivity index (χ1) is 6.87. The lowest BCUT2D eigenvalue weighted by molar-refractivity contribution is -0.139. The van der Waals surface area contributed by atoms with E-state index in [1.54, 1.807) is 6.92 Å². The van der Waals surface area contributed by atoms with Crippen LogP contribution in [0.2, 0.25) is 0 Å². The van der Waals surface area contributed by atoms with Crippen LogP contribution in [0.15, 0.2) is 0 Å². The van der Waals surface area contributed by atoms with Crippen LogP contribution < -0.4 is 5.32 Å². The Labute approximate surface area is 89.4 Å². The van der Waals surface area contributed by atoms with Crippen molar-refractivity contribution in [2.45, 2.75) is 58.2 Å². The summed E-state index contributed by atoms with van der Waals surface area (Å²) in [6.45, 7) is 4.46. The highest BCUT2D eigenvalue weighted by molar-refractivity contribution is 4.89. The zero-order valence-corrected chi connectivity index (χ0v) is 9.45. The van der Waals surface area contributed by atoms with Gasteiger partial charge >= 0.3 is 6.18 Å². The molecule has 1 nitrogen and oxygen atoms in total. The summed E-state index contributed by atoms with van der Waals surface area (Å²) in [7, 11) is 0. The third-order valence-corrected chi connectivity index (χ3v) is 3.53. The van der Waals surface area contributed by atoms with Crippen molar-refractivity contribution >= 4 is 0 Å². The molecule has 90 valence electrons. The van der Waals surface area contributed by atoms with E-state index in [-0.39, 0.29) is 0 Å². The number of rotatable bonds is 5. The lowest BCUT2D eigenvalue weighted by Crippen LogP contribution is -2.43. The first-order valence-electron chi connectivity index (χ1n) is 5.67. The molecule has 0 aromatic heterocycles. The summed E-state index contributed by atoms with van der Waals surface area (Å²) in [6.07, 6.45) is -0.162. The van der Waals surface area contributed by atoms with Crippen LogP contribution in [0.5, 0.6) is 0 Å². The van der Waals surface area contributed by atoms with Crippen molar-refractivity contribution in [3.05, 3.63) is 0 Å². The van der Waals surface area contributed by atoms with Gasteiger partial charge in [0.2, 0.25) is 0 Å². The molecule has 1 N–H and O–H groups in total. The average molecular weight is 223 g/mol. The average Bonchev–Trinajstić information content (AvgIpc) is 1.99. The minimum absolute atomic E-state index is 0.292. The normalized spacial score (nSPS) is 22.2. The molecule has 0 aromatic carbocycles. The quantitative estimate of drug-likeness (QED) is 0.752. The molecule has 15 heavy (non-hydrogen) atoms. The summed E-state index contributed by atoms with van der Waals surface area (Å²) < 4.78 is 36.2. The van der Waals surface area contributed by atoms with Gasteiger partial charge in [0, 0.05) is 12.6 Å². The zero-order chi connectivity index (χ0) is 11.5. The lowest BCUT2D eigenvalue weighted by atomic mass is 9.67. The first-order valence-corrected chi connectivity index (χ1v) is 5.67. The van der Waals surface area contributed by atoms with E-state index in [2.05, 4.69) is 12.2 Å². The Morgan fingerprint density at radius 3 is 2.27 bits per heavy atom. The van der Waals surface area contributed by atoms with E-state index < -0.39 is 18.6 Å². The molecule has 1 fully saturated rings. The van der Waals surface area contributed by atoms with Crippen molar-refractivity contribution in [3.8, 4) is 0 Å². The third kappa shape index (κ3) is 4.01. The fourth-order valence-corrected chi connectivity index (χ4v) is 2.14. The molecule has 0 aliphatic heterocycles. The van der Waals surface area contributed by atoms with E-state index in [1.165, 1.54) is 6.42 Å². The van der Waals surface area contributed by atoms with Gasteiger partial charge in [-0.05, 0) is 31.6 Å². The number of nitrogens with one attached hydrogen (secondary N) is 1. The van der Waals surface area contributed by atoms with E-state index in [1.807, 2.05) is 0 Å². The molecule has 1 rings (SSSR count). The van der Waals surface area contributed by atoms with Crippen LogP contribution in [-0.4, -0.2) is 18.8 Å². The van der Waals surface area contributed by atoms with Crippen LogP contribution in [0.25, 0.3) is 0 Å². The number of halogens is 3. The molecule has 1 atom stereocenters. The van der Waals surface area contributed by atoms with Gasteiger partial charge in [0.25, 0.3) is 0 Å². The maximum absolute atomic E-state index is 12.1. The molecule has 1 saturated carbocycles. The van der Waals surface area contributed by atoms with E-state index in [4.69, 9.17) is 0 Å². The highest BCUT2D eigenvalue weighted by atomic mass is 19.4. The molecule has 0 bridgehead atoms. The Hall–Kier alpha value is -0.250. The maximum atomic E-state index is 12.1. The summed E-state index contributed by atoms with van der Waals surface area (Å²) in [5.41, 5.74) is 0.292. The highest BCUT2D eigenvalue weighted by Crippen LogP contribution is 2.43. The van der Waals surface area contributed by atoms with E-state index in [0.717, 1.165) is 25.8 Å². The second-order valence-corrected chi connectivity index (χ2v) is 4.81. The molecule has 0 radical (unpaired) electrons. The Morgan fingerprint density at radius 2 is 1.93 bits per heavy atom. The van der Waals surface area contributed by atoms with Crippen LogP contribution >= 0.6 is 0 Å². The van der Waals surface area contributed by atoms with Gasteiger partial charge in [-0.25, -0.2) is 0 Å². The second-order valence-electron chi connectivity index (χ2n) is 4.81. The predicted octanol–water partition coefficient (Wildman–Crippen LogP) is 3.50. The molecule has 0 saturated heterocycles. The van der Waals surface area contributed by atoms with E-state index >= 15 is 0 Å². The second kappa shape index (κ2) is 4.73. The van der Waals surface area contributed by atoms with Gasteiger partial charge in [0.1, 0.15) is 0 Å². The van der Waals surface area contributed by atoms with Crippen LogP contribution in [0.3, 0.4) is 0 Å². The molecule has 1 aliphatic rings. The Morgan fingerprint density at radius 1 is 1.33 bits per heavy atom. The van der Waals surface area contributed by atoms with Crippen molar-refractivity contribution in [1.82, 2.24) is 5.32 Å². The molecule has 1 unspecified atom stereocenters. The predicted molar refractivity (Wildman–Crippen MR) is 54.7 cm³/mol. The summed E-state index contributed by atoms with van der Waals surface area (Å²) in [5.74, 6) is 0. The summed E-state index contributed by atoms with van der Waals surface area (Å²) in [4.78, 5) is 0. The molecule has 0 heterocycles. The minimum atomic E-state index is -4.05. The van der Waals surface area contributed by atoms with Crippen LogP contribution in [0.1, 0.15) is 46.0 Å². The van der Waals surface area contributed by atoms with Crippen molar-refractivity contribution in [1.29, 1.82) is 0 Å². The Balaban J connectivity index is 2.24. The molecule has 0 amide bonds. The van der Waals surface area contributed by atoms with Crippen molar-refractivity contribution < 1.29 is 13.2 Å². The number of alkyl halides is 3. The van der Waals surface area contributed by atoms with Gasteiger partial charge in [-0.2, -0.15) is 13.2 Å². The van der Waals surface area contributed by atoms with Gasteiger partial charge in [-0.3, -0.25) is 0 Å². The largest absolute Gasteiger partial charge is 0.390 e. The lowest BCUT2D eigenvalue weighted by Gasteiger charge is -2.42. The van der Waals surface area contributed by atoms with Gasteiger partial charge in [0.15, 0.2) is 0 Å². The first kappa shape index (κ1) is 12.8. The van der Waals surface area contributed by atoms with E-state index in [0.29, 0.717) is 5.41 Å². The molecule has 4 heteroatoms. The highest BCUT2D eigenvalue weighted by Gasteiger charge is 2.36. The zero-order valence-electron chi connectivity index (χ0n) is 9.45. The Kier molecular flexibility index (Phi) is 4.04. The fraction of sp³-hybridized carbons (Fsp3) is 1.00. The molecular formula is C11H20F3N. The molecule has 1 aliphatic carbocycles. The van der Waals surface area contributed by atoms with Gasteiger partial charge in [-0.1, -0.05) is 13.3 Å². The summed E-state index contributed by atoms with van der Waals surface area (Å²) in [5, 5.41) is 3.01. The SMILES string of the molecule is CCC1(CNC(C)CC(F)(F)F)CCC1. The monoisotopic (exact) mass is 223 g/mol. The summed E-state index contributed by atoms with van der Waals surface area (Å²) in [6, 6.07) is -0.464. The third-order valence-electron chi connectivity index (χ3n) is 3.53.